The van der Waals surface area contributed by atoms with Gasteiger partial charge in [-0.15, -0.1) is 0 Å². The number of carbonyl (C=O) groups excluding carboxylic acids is 1. The molecular weight excluding hydrogens is 233 g/mol. The summed E-state index contributed by atoms with van der Waals surface area (Å²) in [5.41, 5.74) is 5.19. The molecule has 0 radical (unpaired) electrons. The van der Waals surface area contributed by atoms with Crippen molar-refractivity contribution < 1.29 is 71.2 Å². The van der Waals surface area contributed by atoms with E-state index < -0.39 is 18.0 Å². The van der Waals surface area contributed by atoms with Crippen LogP contribution >= 0.6 is 11.8 Å². The molecule has 0 amide bonds. The molecule has 0 bridgehead atoms. The van der Waals surface area contributed by atoms with Gasteiger partial charge in [0.05, 0.1) is 0 Å². The van der Waals surface area contributed by atoms with Crippen LogP contribution in [0, 0.1) is 0 Å². The molecule has 0 aromatic rings. The topological polar surface area (TPSA) is 103 Å². The summed E-state index contributed by atoms with van der Waals surface area (Å²) in [7, 11) is 0. The number of hydrogen-bond donors (Lipinski definition) is 2. The van der Waals surface area contributed by atoms with Crippen LogP contribution in [0.4, 0.5) is 0 Å². The number of thioether (sulfide) groups is 1. The number of carboxylic acids is 2. The largest absolute Gasteiger partial charge is 1.00 e. The second-order valence-corrected chi connectivity index (χ2v) is 3.20. The predicted molar refractivity (Wildman–Crippen MR) is 49.3 cm³/mol. The van der Waals surface area contributed by atoms with E-state index in [1.165, 1.54) is 0 Å². The average molecular weight is 247 g/mol. The van der Waals surface area contributed by atoms with E-state index in [-0.39, 0.29) is 51.4 Å². The van der Waals surface area contributed by atoms with Crippen molar-refractivity contribution in [2.45, 2.75) is 19.4 Å². The third kappa shape index (κ3) is 23.1. The van der Waals surface area contributed by atoms with E-state index in [2.05, 4.69) is 0 Å². The van der Waals surface area contributed by atoms with Crippen LogP contribution in [0.1, 0.15) is 13.3 Å². The molecule has 0 aliphatic carbocycles. The number of hydrogen-bond acceptors (Lipinski definition) is 5. The van der Waals surface area contributed by atoms with E-state index in [1.807, 2.05) is 6.26 Å². The standard InChI is InChI=1S/C5H11NO2S.C2H4O2.K/c1-9-3-2-4(6)5(7)8;1-2(3)4;/h4H,2-3,6H2,1H3,(H,7,8);1H3,(H,3,4);/q;;+1/p-1/t4-;;/m0../s1. The van der Waals surface area contributed by atoms with Crippen LogP contribution in [0.15, 0.2) is 0 Å². The van der Waals surface area contributed by atoms with Gasteiger partial charge in [0.25, 0.3) is 0 Å². The first kappa shape index (κ1) is 20.3. The van der Waals surface area contributed by atoms with Gasteiger partial charge in [-0.05, 0) is 25.4 Å². The molecule has 1 atom stereocenters. The molecule has 0 heterocycles. The fourth-order valence-corrected chi connectivity index (χ4v) is 0.858. The maximum atomic E-state index is 10.1. The van der Waals surface area contributed by atoms with E-state index >= 15 is 0 Å². The molecule has 0 aromatic carbocycles. The molecule has 7 heteroatoms. The van der Waals surface area contributed by atoms with Gasteiger partial charge in [0, 0.05) is 5.97 Å². The number of nitrogens with two attached hydrogens (primary N) is 1. The summed E-state index contributed by atoms with van der Waals surface area (Å²) < 4.78 is 0. The minimum absolute atomic E-state index is 0. The van der Waals surface area contributed by atoms with Gasteiger partial charge in [-0.3, -0.25) is 4.79 Å². The van der Waals surface area contributed by atoms with Crippen LogP contribution in [0.3, 0.4) is 0 Å². The van der Waals surface area contributed by atoms with Crippen LogP contribution in [-0.2, 0) is 9.59 Å². The Kier molecular flexibility index (Phi) is 20.2. The van der Waals surface area contributed by atoms with Crippen LogP contribution in [0.25, 0.3) is 0 Å². The van der Waals surface area contributed by atoms with Crippen molar-refractivity contribution in [2.24, 2.45) is 5.73 Å². The van der Waals surface area contributed by atoms with Crippen molar-refractivity contribution in [3.8, 4) is 0 Å². The minimum atomic E-state index is -1.08. The summed E-state index contributed by atoms with van der Waals surface area (Å²) in [6, 6.07) is -0.683. The summed E-state index contributed by atoms with van der Waals surface area (Å²) in [5.74, 6) is -1.18. The Labute approximate surface area is 130 Å². The van der Waals surface area contributed by atoms with E-state index in [9.17, 15) is 4.79 Å². The Morgan fingerprint density at radius 2 is 1.93 bits per heavy atom. The van der Waals surface area contributed by atoms with Crippen molar-refractivity contribution in [1.82, 2.24) is 0 Å². The zero-order valence-electron chi connectivity index (χ0n) is 8.65. The number of aliphatic carboxylic acids is 2. The molecule has 0 aromatic heterocycles. The van der Waals surface area contributed by atoms with E-state index in [0.717, 1.165) is 12.7 Å². The smallest absolute Gasteiger partial charge is 0.550 e. The molecule has 0 aliphatic heterocycles. The summed E-state index contributed by atoms with van der Waals surface area (Å²) in [5, 5.41) is 17.2. The van der Waals surface area contributed by atoms with Gasteiger partial charge >= 0.3 is 57.4 Å². The first-order valence-electron chi connectivity index (χ1n) is 3.56. The minimum Gasteiger partial charge on any atom is -0.550 e. The second-order valence-electron chi connectivity index (χ2n) is 2.22. The monoisotopic (exact) mass is 247 g/mol. The Morgan fingerprint density at radius 1 is 1.57 bits per heavy atom. The molecule has 3 N–H and O–H groups in total. The second kappa shape index (κ2) is 13.9. The van der Waals surface area contributed by atoms with E-state index in [4.69, 9.17) is 20.7 Å². The predicted octanol–water partition coefficient (Wildman–Crippen LogP) is -4.09. The van der Waals surface area contributed by atoms with Gasteiger partial charge in [0.1, 0.15) is 6.04 Å². The summed E-state index contributed by atoms with van der Waals surface area (Å²) >= 11 is 1.60. The van der Waals surface area contributed by atoms with Gasteiger partial charge in [0.2, 0.25) is 0 Å². The Balaban J connectivity index is -0.000000209. The van der Waals surface area contributed by atoms with Gasteiger partial charge in [-0.25, -0.2) is 0 Å². The van der Waals surface area contributed by atoms with Crippen molar-refractivity contribution in [3.05, 3.63) is 0 Å². The van der Waals surface area contributed by atoms with Gasteiger partial charge in [0.15, 0.2) is 0 Å². The molecule has 0 rings (SSSR count). The van der Waals surface area contributed by atoms with Crippen LogP contribution < -0.4 is 62.2 Å². The average Bonchev–Trinajstić information content (AvgIpc) is 1.98. The van der Waals surface area contributed by atoms with Crippen molar-refractivity contribution in [2.75, 3.05) is 12.0 Å². The third-order valence-corrected chi connectivity index (χ3v) is 1.59. The fraction of sp³-hybridized carbons (Fsp3) is 0.714. The van der Waals surface area contributed by atoms with Crippen molar-refractivity contribution in [1.29, 1.82) is 0 Å². The quantitative estimate of drug-likeness (QED) is 0.490. The van der Waals surface area contributed by atoms with E-state index in [1.54, 1.807) is 11.8 Å². The molecule has 0 unspecified atom stereocenters. The molecule has 0 fully saturated rings. The molecule has 0 spiro atoms. The fourth-order valence-electron chi connectivity index (χ4n) is 0.368. The molecular formula is C7H14KNO4S. The van der Waals surface area contributed by atoms with Crippen molar-refractivity contribution in [3.63, 3.8) is 0 Å². The first-order chi connectivity index (χ1) is 5.91. The van der Waals surface area contributed by atoms with E-state index in [0.29, 0.717) is 6.42 Å². The van der Waals surface area contributed by atoms with Gasteiger partial charge in [-0.2, -0.15) is 11.8 Å². The normalized spacial score (nSPS) is 10.2. The van der Waals surface area contributed by atoms with Crippen LogP contribution in [-0.4, -0.2) is 35.1 Å². The maximum Gasteiger partial charge on any atom is 1.00 e. The molecule has 78 valence electrons. The molecule has 14 heavy (non-hydrogen) atoms. The third-order valence-electron chi connectivity index (χ3n) is 0.950. The number of carbonyl (C=O) groups is 2. The molecule has 0 saturated heterocycles. The summed E-state index contributed by atoms with van der Waals surface area (Å²) in [4.78, 5) is 19.0. The molecule has 5 nitrogen and oxygen atoms in total. The summed E-state index contributed by atoms with van der Waals surface area (Å²) in [6.45, 7) is 0.972. The first-order valence-corrected chi connectivity index (χ1v) is 4.96. The van der Waals surface area contributed by atoms with Gasteiger partial charge in [-0.1, -0.05) is 0 Å². The molecule has 0 aliphatic rings. The zero-order valence-corrected chi connectivity index (χ0v) is 12.6. The van der Waals surface area contributed by atoms with Crippen molar-refractivity contribution >= 4 is 23.7 Å². The van der Waals surface area contributed by atoms with Crippen LogP contribution in [0.2, 0.25) is 0 Å². The van der Waals surface area contributed by atoms with Gasteiger partial charge < -0.3 is 20.7 Å². The Hall–Kier alpha value is 0.886. The SMILES string of the molecule is CC(=O)[O-].CSCC[C@H](N)C(=O)O.[K+]. The maximum absolute atomic E-state index is 10.1. The summed E-state index contributed by atoms with van der Waals surface area (Å²) in [6.07, 6.45) is 2.48. The Morgan fingerprint density at radius 3 is 2.14 bits per heavy atom. The number of rotatable bonds is 4. The van der Waals surface area contributed by atoms with Crippen LogP contribution in [0.5, 0.6) is 0 Å². The zero-order chi connectivity index (χ0) is 10.9. The number of carboxylic acid groups (broad SMARTS) is 2. The molecule has 0 saturated carbocycles. The Bertz CT molecular complexity index is 164.